The van der Waals surface area contributed by atoms with Gasteiger partial charge in [-0.1, -0.05) is 57.0 Å². The Kier molecular flexibility index (Phi) is 5.25. The molecular formula is C15H24FO4P. The van der Waals surface area contributed by atoms with Gasteiger partial charge in [0.1, 0.15) is 5.75 Å². The van der Waals surface area contributed by atoms with Crippen LogP contribution in [0.1, 0.15) is 52.2 Å². The quantitative estimate of drug-likeness (QED) is 0.768. The number of halogens is 1. The molecule has 1 atom stereocenters. The van der Waals surface area contributed by atoms with Gasteiger partial charge in [-0.05, 0) is 34.8 Å². The molecule has 0 bridgehead atoms. The second kappa shape index (κ2) is 6.07. The van der Waals surface area contributed by atoms with Gasteiger partial charge in [-0.15, -0.1) is 0 Å². The highest BCUT2D eigenvalue weighted by atomic mass is 31.2. The third-order valence-electron chi connectivity index (χ3n) is 3.14. The largest absolute Gasteiger partial charge is 0.559 e. The second-order valence-electron chi connectivity index (χ2n) is 7.25. The van der Waals surface area contributed by atoms with Crippen LogP contribution in [0.4, 0.5) is 4.53 Å². The predicted octanol–water partition coefficient (Wildman–Crippen LogP) is 5.09. The normalized spacial score (nSPS) is 15.6. The molecule has 6 heteroatoms. The van der Waals surface area contributed by atoms with E-state index in [1.54, 1.807) is 12.1 Å². The lowest BCUT2D eigenvalue weighted by molar-refractivity contribution is -0.0364. The SMILES string of the molecule is Cc1ccc(OP(=O)(O)OF)c(C(C)(C)CC(C)(C)C)c1. The third-order valence-corrected chi connectivity index (χ3v) is 3.74. The van der Waals surface area contributed by atoms with Crippen molar-refractivity contribution in [2.24, 2.45) is 5.41 Å². The van der Waals surface area contributed by atoms with Crippen LogP contribution >= 0.6 is 7.82 Å². The summed E-state index contributed by atoms with van der Waals surface area (Å²) in [4.78, 5) is 9.20. The van der Waals surface area contributed by atoms with Crippen molar-refractivity contribution in [2.75, 3.05) is 0 Å². The molecule has 1 aromatic carbocycles. The predicted molar refractivity (Wildman–Crippen MR) is 80.9 cm³/mol. The fourth-order valence-corrected chi connectivity index (χ4v) is 3.25. The molecule has 0 spiro atoms. The molecule has 0 saturated carbocycles. The van der Waals surface area contributed by atoms with Crippen LogP contribution in [-0.2, 0) is 14.7 Å². The summed E-state index contributed by atoms with van der Waals surface area (Å²) in [7, 11) is -4.72. The van der Waals surface area contributed by atoms with Crippen molar-refractivity contribution in [1.82, 2.24) is 0 Å². The molecule has 120 valence electrons. The van der Waals surface area contributed by atoms with Gasteiger partial charge in [-0.2, -0.15) is 0 Å². The second-order valence-corrected chi connectivity index (χ2v) is 8.51. The van der Waals surface area contributed by atoms with E-state index < -0.39 is 7.82 Å². The summed E-state index contributed by atoms with van der Waals surface area (Å²) in [6, 6.07) is 5.19. The maximum atomic E-state index is 12.1. The Morgan fingerprint density at radius 3 is 2.29 bits per heavy atom. The molecule has 0 heterocycles. The third kappa shape index (κ3) is 5.42. The van der Waals surface area contributed by atoms with Crippen LogP contribution in [0.5, 0.6) is 5.75 Å². The Hall–Kier alpha value is -0.900. The summed E-state index contributed by atoms with van der Waals surface area (Å²) in [5, 5.41) is 0. The maximum Gasteiger partial charge on any atom is 0.559 e. The molecule has 4 nitrogen and oxygen atoms in total. The van der Waals surface area contributed by atoms with Gasteiger partial charge in [0.2, 0.25) is 0 Å². The first kappa shape index (κ1) is 18.1. The van der Waals surface area contributed by atoms with Gasteiger partial charge in [0.05, 0.1) is 0 Å². The first-order chi connectivity index (χ1) is 9.36. The monoisotopic (exact) mass is 318 g/mol. The Morgan fingerprint density at radius 2 is 1.81 bits per heavy atom. The highest BCUT2D eigenvalue weighted by molar-refractivity contribution is 7.47. The van der Waals surface area contributed by atoms with Gasteiger partial charge in [-0.3, -0.25) is 4.89 Å². The van der Waals surface area contributed by atoms with Gasteiger partial charge in [0.25, 0.3) is 0 Å². The molecule has 1 unspecified atom stereocenters. The minimum atomic E-state index is -4.72. The van der Waals surface area contributed by atoms with E-state index >= 15 is 0 Å². The van der Waals surface area contributed by atoms with Crippen molar-refractivity contribution in [3.05, 3.63) is 29.3 Å². The van der Waals surface area contributed by atoms with E-state index in [2.05, 4.69) is 25.5 Å². The first-order valence-electron chi connectivity index (χ1n) is 6.80. The Labute approximate surface area is 125 Å². The zero-order chi connectivity index (χ0) is 16.5. The zero-order valence-electron chi connectivity index (χ0n) is 13.4. The van der Waals surface area contributed by atoms with Gasteiger partial charge in [0, 0.05) is 5.56 Å². The lowest BCUT2D eigenvalue weighted by atomic mass is 9.72. The van der Waals surface area contributed by atoms with E-state index in [1.165, 1.54) is 0 Å². The van der Waals surface area contributed by atoms with Crippen LogP contribution in [0, 0.1) is 12.3 Å². The number of aryl methyl sites for hydroxylation is 1. The molecule has 0 saturated heterocycles. The van der Waals surface area contributed by atoms with Crippen LogP contribution in [0.3, 0.4) is 0 Å². The highest BCUT2D eigenvalue weighted by Crippen LogP contribution is 2.48. The van der Waals surface area contributed by atoms with Crippen LogP contribution in [0.25, 0.3) is 0 Å². The summed E-state index contributed by atoms with van der Waals surface area (Å²) in [6.07, 6.45) is 0.825. The lowest BCUT2D eigenvalue weighted by Crippen LogP contribution is -2.25. The van der Waals surface area contributed by atoms with Gasteiger partial charge < -0.3 is 4.52 Å². The molecule has 1 N–H and O–H groups in total. The molecule has 0 aliphatic rings. The summed E-state index contributed by atoms with van der Waals surface area (Å²) in [5.74, 6) is 0.165. The molecule has 0 aromatic heterocycles. The number of rotatable bonds is 5. The number of hydrogen-bond donors (Lipinski definition) is 1. The van der Waals surface area contributed by atoms with Crippen LogP contribution in [0.2, 0.25) is 0 Å². The fourth-order valence-electron chi connectivity index (χ4n) is 2.81. The Balaban J connectivity index is 3.27. The number of phosphoric acid groups is 1. The minimum Gasteiger partial charge on any atom is -0.402 e. The van der Waals surface area contributed by atoms with E-state index in [0.29, 0.717) is 0 Å². The van der Waals surface area contributed by atoms with Crippen molar-refractivity contribution in [3.63, 3.8) is 0 Å². The highest BCUT2D eigenvalue weighted by Gasteiger charge is 2.33. The van der Waals surface area contributed by atoms with Crippen molar-refractivity contribution in [3.8, 4) is 5.75 Å². The zero-order valence-corrected chi connectivity index (χ0v) is 14.3. The van der Waals surface area contributed by atoms with E-state index in [9.17, 15) is 14.0 Å². The van der Waals surface area contributed by atoms with Crippen molar-refractivity contribution < 1.29 is 23.2 Å². The number of phosphoric ester groups is 1. The first-order valence-corrected chi connectivity index (χ1v) is 8.30. The summed E-state index contributed by atoms with van der Waals surface area (Å²) < 4.78 is 31.3. The molecule has 0 amide bonds. The van der Waals surface area contributed by atoms with Crippen LogP contribution in [-0.4, -0.2) is 4.89 Å². The van der Waals surface area contributed by atoms with Crippen LogP contribution < -0.4 is 4.52 Å². The average molecular weight is 318 g/mol. The fraction of sp³-hybridized carbons (Fsp3) is 0.600. The smallest absolute Gasteiger partial charge is 0.402 e. The maximum absolute atomic E-state index is 12.1. The molecule has 0 radical (unpaired) electrons. The van der Waals surface area contributed by atoms with E-state index in [-0.39, 0.29) is 16.6 Å². The number of hydrogen-bond acceptors (Lipinski definition) is 3. The minimum absolute atomic E-state index is 0.0595. The summed E-state index contributed by atoms with van der Waals surface area (Å²) in [5.41, 5.74) is 1.50. The van der Waals surface area contributed by atoms with Crippen molar-refractivity contribution in [2.45, 2.75) is 53.4 Å². The molecule has 0 aliphatic heterocycles. The van der Waals surface area contributed by atoms with Crippen molar-refractivity contribution >= 4 is 7.82 Å². The van der Waals surface area contributed by atoms with E-state index in [0.717, 1.165) is 17.5 Å². The van der Waals surface area contributed by atoms with Gasteiger partial charge >= 0.3 is 7.82 Å². The van der Waals surface area contributed by atoms with Gasteiger partial charge in [-0.25, -0.2) is 4.57 Å². The average Bonchev–Trinajstić information content (AvgIpc) is 2.28. The summed E-state index contributed by atoms with van der Waals surface area (Å²) >= 11 is 0. The van der Waals surface area contributed by atoms with E-state index in [1.807, 2.05) is 26.8 Å². The van der Waals surface area contributed by atoms with E-state index in [4.69, 9.17) is 4.52 Å². The lowest BCUT2D eigenvalue weighted by Gasteiger charge is -2.34. The van der Waals surface area contributed by atoms with Crippen LogP contribution in [0.15, 0.2) is 18.2 Å². The topological polar surface area (TPSA) is 55.8 Å². The molecule has 21 heavy (non-hydrogen) atoms. The van der Waals surface area contributed by atoms with Gasteiger partial charge in [0.15, 0.2) is 0 Å². The Morgan fingerprint density at radius 1 is 1.24 bits per heavy atom. The Bertz CT molecular complexity index is 549. The van der Waals surface area contributed by atoms with Crippen molar-refractivity contribution in [1.29, 1.82) is 0 Å². The number of benzene rings is 1. The standard InChI is InChI=1S/C15H24FO4P/c1-11-7-8-13(19-21(17,18)20-16)12(9-11)15(5,6)10-14(2,3)4/h7-9H,10H2,1-6H3,(H,17,18). The molecule has 1 rings (SSSR count). The molecule has 0 fully saturated rings. The summed E-state index contributed by atoms with van der Waals surface area (Å²) in [6.45, 7) is 12.3. The molecule has 1 aromatic rings. The molecule has 0 aliphatic carbocycles. The molecular weight excluding hydrogens is 294 g/mol.